The van der Waals surface area contributed by atoms with Gasteiger partial charge in [0.1, 0.15) is 5.82 Å². The third-order valence-corrected chi connectivity index (χ3v) is 3.42. The lowest BCUT2D eigenvalue weighted by atomic mass is 10.1. The molecule has 5 heteroatoms. The van der Waals surface area contributed by atoms with Gasteiger partial charge in [0, 0.05) is 31.4 Å². The van der Waals surface area contributed by atoms with E-state index in [9.17, 15) is 4.79 Å². The molecule has 3 rings (SSSR count). The Bertz CT molecular complexity index is 654. The molecule has 0 aliphatic carbocycles. The van der Waals surface area contributed by atoms with Gasteiger partial charge in [-0.3, -0.25) is 4.79 Å². The van der Waals surface area contributed by atoms with Gasteiger partial charge in [-0.2, -0.15) is 0 Å². The second-order valence-electron chi connectivity index (χ2n) is 4.85. The van der Waals surface area contributed by atoms with Gasteiger partial charge in [-0.25, -0.2) is 4.98 Å². The Balaban J connectivity index is 1.70. The zero-order valence-corrected chi connectivity index (χ0v) is 11.0. The summed E-state index contributed by atoms with van der Waals surface area (Å²) in [5.74, 6) is 0.207. The summed E-state index contributed by atoms with van der Waals surface area (Å²) >= 11 is 0. The molecule has 2 heterocycles. The lowest BCUT2D eigenvalue weighted by Crippen LogP contribution is -2.12. The molecule has 0 saturated heterocycles. The first kappa shape index (κ1) is 12.6. The standard InChI is InChI=1S/C15H16N4O/c16-15(20)11-3-4-18-14(6-11)19-7-10-1-2-12-8-17-9-13(12)5-10/h1-6,17H,7-9H2,(H2,16,20)(H,18,19). The number of carbonyl (C=O) groups excluding carboxylic acids is 1. The maximum Gasteiger partial charge on any atom is 0.248 e. The summed E-state index contributed by atoms with van der Waals surface area (Å²) in [5.41, 5.74) is 9.62. The van der Waals surface area contributed by atoms with Crippen molar-refractivity contribution < 1.29 is 4.79 Å². The molecule has 0 atom stereocenters. The summed E-state index contributed by atoms with van der Waals surface area (Å²) in [5, 5.41) is 6.53. The van der Waals surface area contributed by atoms with Crippen molar-refractivity contribution in [3.05, 3.63) is 58.8 Å². The number of carbonyl (C=O) groups is 1. The zero-order chi connectivity index (χ0) is 13.9. The summed E-state index contributed by atoms with van der Waals surface area (Å²) in [7, 11) is 0. The van der Waals surface area contributed by atoms with Crippen molar-refractivity contribution in [1.29, 1.82) is 0 Å². The molecule has 5 nitrogen and oxygen atoms in total. The molecule has 0 saturated carbocycles. The third-order valence-electron chi connectivity index (χ3n) is 3.42. The predicted molar refractivity (Wildman–Crippen MR) is 77.1 cm³/mol. The van der Waals surface area contributed by atoms with Crippen molar-refractivity contribution in [2.24, 2.45) is 5.73 Å². The number of pyridine rings is 1. The first-order valence-corrected chi connectivity index (χ1v) is 6.53. The summed E-state index contributed by atoms with van der Waals surface area (Å²) in [6.07, 6.45) is 1.58. The fourth-order valence-electron chi connectivity index (χ4n) is 2.33. The number of nitrogens with one attached hydrogen (secondary N) is 2. The van der Waals surface area contributed by atoms with E-state index in [4.69, 9.17) is 5.73 Å². The molecule has 20 heavy (non-hydrogen) atoms. The van der Waals surface area contributed by atoms with Gasteiger partial charge in [0.2, 0.25) is 5.91 Å². The molecule has 0 spiro atoms. The summed E-state index contributed by atoms with van der Waals surface area (Å²) in [6.45, 7) is 2.55. The van der Waals surface area contributed by atoms with E-state index in [2.05, 4.69) is 33.8 Å². The first-order valence-electron chi connectivity index (χ1n) is 6.53. The fraction of sp³-hybridized carbons (Fsp3) is 0.200. The molecule has 4 N–H and O–H groups in total. The van der Waals surface area contributed by atoms with Crippen LogP contribution in [-0.2, 0) is 19.6 Å². The maximum atomic E-state index is 11.1. The minimum atomic E-state index is -0.445. The van der Waals surface area contributed by atoms with E-state index in [0.717, 1.165) is 13.1 Å². The van der Waals surface area contributed by atoms with Crippen molar-refractivity contribution in [2.45, 2.75) is 19.6 Å². The van der Waals surface area contributed by atoms with Gasteiger partial charge in [0.15, 0.2) is 0 Å². The van der Waals surface area contributed by atoms with Gasteiger partial charge in [-0.05, 0) is 28.8 Å². The van der Waals surface area contributed by atoms with Crippen molar-refractivity contribution in [3.63, 3.8) is 0 Å². The van der Waals surface area contributed by atoms with E-state index in [1.54, 1.807) is 18.3 Å². The van der Waals surface area contributed by atoms with Gasteiger partial charge < -0.3 is 16.4 Å². The number of nitrogens with zero attached hydrogens (tertiary/aromatic N) is 1. The molecule has 0 radical (unpaired) electrons. The van der Waals surface area contributed by atoms with E-state index in [1.807, 2.05) is 0 Å². The van der Waals surface area contributed by atoms with Crippen LogP contribution in [0.4, 0.5) is 5.82 Å². The minimum Gasteiger partial charge on any atom is -0.366 e. The van der Waals surface area contributed by atoms with Crippen molar-refractivity contribution in [3.8, 4) is 0 Å². The van der Waals surface area contributed by atoms with Crippen LogP contribution < -0.4 is 16.4 Å². The number of aromatic nitrogens is 1. The number of rotatable bonds is 4. The molecule has 1 amide bonds. The van der Waals surface area contributed by atoms with Crippen LogP contribution in [0.1, 0.15) is 27.0 Å². The van der Waals surface area contributed by atoms with Crippen LogP contribution in [0.25, 0.3) is 0 Å². The summed E-state index contributed by atoms with van der Waals surface area (Å²) in [4.78, 5) is 15.3. The number of fused-ring (bicyclic) bond motifs is 1. The number of anilines is 1. The lowest BCUT2D eigenvalue weighted by molar-refractivity contribution is 0.1000. The van der Waals surface area contributed by atoms with Gasteiger partial charge in [-0.1, -0.05) is 18.2 Å². The van der Waals surface area contributed by atoms with Crippen molar-refractivity contribution in [1.82, 2.24) is 10.3 Å². The second-order valence-corrected chi connectivity index (χ2v) is 4.85. The zero-order valence-electron chi connectivity index (χ0n) is 11.0. The number of hydrogen-bond donors (Lipinski definition) is 3. The van der Waals surface area contributed by atoms with Gasteiger partial charge in [0.05, 0.1) is 0 Å². The van der Waals surface area contributed by atoms with Gasteiger partial charge in [0.25, 0.3) is 0 Å². The molecule has 1 aromatic carbocycles. The van der Waals surface area contributed by atoms with Crippen molar-refractivity contribution in [2.75, 3.05) is 5.32 Å². The van der Waals surface area contributed by atoms with Crippen LogP contribution in [0.2, 0.25) is 0 Å². The molecule has 0 fully saturated rings. The molecular formula is C15H16N4O. The Hall–Kier alpha value is -2.40. The molecular weight excluding hydrogens is 252 g/mol. The smallest absolute Gasteiger partial charge is 0.248 e. The molecule has 0 unspecified atom stereocenters. The highest BCUT2D eigenvalue weighted by molar-refractivity contribution is 5.93. The molecule has 1 aliphatic heterocycles. The molecule has 2 aromatic rings. The lowest BCUT2D eigenvalue weighted by Gasteiger charge is -2.08. The third kappa shape index (κ3) is 2.62. The second kappa shape index (κ2) is 5.30. The van der Waals surface area contributed by atoms with Crippen LogP contribution in [-0.4, -0.2) is 10.9 Å². The van der Waals surface area contributed by atoms with Gasteiger partial charge in [-0.15, -0.1) is 0 Å². The van der Waals surface area contributed by atoms with E-state index in [-0.39, 0.29) is 0 Å². The highest BCUT2D eigenvalue weighted by Gasteiger charge is 2.10. The molecule has 1 aliphatic rings. The predicted octanol–water partition coefficient (Wildman–Crippen LogP) is 1.40. The van der Waals surface area contributed by atoms with Crippen molar-refractivity contribution >= 4 is 11.7 Å². The maximum absolute atomic E-state index is 11.1. The monoisotopic (exact) mass is 268 g/mol. The largest absolute Gasteiger partial charge is 0.366 e. The first-order chi connectivity index (χ1) is 9.72. The van der Waals surface area contributed by atoms with E-state index >= 15 is 0 Å². The molecule has 102 valence electrons. The Morgan fingerprint density at radius 1 is 1.25 bits per heavy atom. The average molecular weight is 268 g/mol. The topological polar surface area (TPSA) is 80.0 Å². The summed E-state index contributed by atoms with van der Waals surface area (Å²) < 4.78 is 0. The number of nitrogens with two attached hydrogens (primary N) is 1. The van der Waals surface area contributed by atoms with E-state index in [1.165, 1.54) is 16.7 Å². The fourth-order valence-corrected chi connectivity index (χ4v) is 2.33. The number of primary amides is 1. The highest BCUT2D eigenvalue weighted by atomic mass is 16.1. The Kier molecular flexibility index (Phi) is 3.35. The SMILES string of the molecule is NC(=O)c1ccnc(NCc2ccc3c(c2)CNC3)c1. The van der Waals surface area contributed by atoms with E-state index in [0.29, 0.717) is 17.9 Å². The molecule has 1 aromatic heterocycles. The Morgan fingerprint density at radius 2 is 2.10 bits per heavy atom. The van der Waals surface area contributed by atoms with Crippen LogP contribution in [0.15, 0.2) is 36.5 Å². The normalized spacial score (nSPS) is 13.0. The quantitative estimate of drug-likeness (QED) is 0.783. The number of benzene rings is 1. The number of amides is 1. The van der Waals surface area contributed by atoms with E-state index < -0.39 is 5.91 Å². The van der Waals surface area contributed by atoms with Crippen LogP contribution in [0.5, 0.6) is 0 Å². The Morgan fingerprint density at radius 3 is 2.95 bits per heavy atom. The summed E-state index contributed by atoms with van der Waals surface area (Å²) in [6, 6.07) is 9.72. The number of hydrogen-bond acceptors (Lipinski definition) is 4. The average Bonchev–Trinajstić information content (AvgIpc) is 2.93. The van der Waals surface area contributed by atoms with Crippen LogP contribution in [0.3, 0.4) is 0 Å². The molecule has 0 bridgehead atoms. The van der Waals surface area contributed by atoms with Gasteiger partial charge >= 0.3 is 0 Å². The van der Waals surface area contributed by atoms with Crippen LogP contribution >= 0.6 is 0 Å². The Labute approximate surface area is 117 Å². The highest BCUT2D eigenvalue weighted by Crippen LogP contribution is 2.17. The van der Waals surface area contributed by atoms with Crippen LogP contribution in [0, 0.1) is 0 Å². The minimum absolute atomic E-state index is 0.445.